The zero-order valence-electron chi connectivity index (χ0n) is 29.6. The van der Waals surface area contributed by atoms with Crippen molar-refractivity contribution in [2.75, 3.05) is 64.4 Å². The van der Waals surface area contributed by atoms with Gasteiger partial charge in [-0.25, -0.2) is 9.97 Å². The van der Waals surface area contributed by atoms with Gasteiger partial charge in [-0.05, 0) is 47.5 Å². The molecule has 0 spiro atoms. The third-order valence-corrected chi connectivity index (χ3v) is 10.3. The van der Waals surface area contributed by atoms with Crippen molar-refractivity contribution in [1.29, 1.82) is 0 Å². The van der Waals surface area contributed by atoms with E-state index < -0.39 is 7.15 Å². The summed E-state index contributed by atoms with van der Waals surface area (Å²) < 4.78 is 15.5. The number of benzene rings is 4. The molecule has 6 aromatic rings. The zero-order valence-corrected chi connectivity index (χ0v) is 30.9. The largest absolute Gasteiger partial charge is 0.354 e. The topological polar surface area (TPSA) is 99.2 Å². The Labute approximate surface area is 323 Å². The molecular formula is C41H36Cl3FN6O2. The van der Waals surface area contributed by atoms with E-state index in [-0.39, 0.29) is 11.6 Å². The zero-order chi connectivity index (χ0) is 37.8. The number of hydrogen-bond acceptors (Lipinski definition) is 8. The van der Waals surface area contributed by atoms with Crippen LogP contribution in [0.4, 0.5) is 10.2 Å². The number of carbonyl (C=O) groups is 2. The summed E-state index contributed by atoms with van der Waals surface area (Å²) in [6, 6.07) is 26.2. The summed E-state index contributed by atoms with van der Waals surface area (Å²) in [4.78, 5) is 37.4. The average Bonchev–Trinajstić information content (AvgIpc) is 3.67. The van der Waals surface area contributed by atoms with Crippen LogP contribution in [0, 0.1) is 0 Å². The smallest absolute Gasteiger partial charge is 0.195 e. The maximum absolute atomic E-state index is 13.2. The van der Waals surface area contributed by atoms with Gasteiger partial charge in [0.05, 0.1) is 19.6 Å². The van der Waals surface area contributed by atoms with E-state index in [1.165, 1.54) is 0 Å². The van der Waals surface area contributed by atoms with E-state index in [2.05, 4.69) is 25.8 Å². The Bertz CT molecular complexity index is 2380. The monoisotopic (exact) mass is 769 g/mol. The number of halogens is 4. The minimum absolute atomic E-state index is 0.0435. The van der Waals surface area contributed by atoms with Crippen LogP contribution in [0.25, 0.3) is 44.1 Å². The molecule has 2 aromatic heterocycles. The molecule has 0 amide bonds. The van der Waals surface area contributed by atoms with Crippen molar-refractivity contribution in [1.82, 2.24) is 25.9 Å². The van der Waals surface area contributed by atoms with Crippen molar-refractivity contribution in [2.45, 2.75) is 0 Å². The first-order chi connectivity index (χ1) is 26.3. The van der Waals surface area contributed by atoms with Gasteiger partial charge in [-0.2, -0.15) is 0 Å². The molecule has 0 unspecified atom stereocenters. The Hall–Kier alpha value is -4.48. The van der Waals surface area contributed by atoms with Crippen molar-refractivity contribution in [3.8, 4) is 22.3 Å². The average molecular weight is 771 g/mol. The van der Waals surface area contributed by atoms with Gasteiger partial charge in [0.2, 0.25) is 0 Å². The molecule has 3 N–H and O–H groups in total. The van der Waals surface area contributed by atoms with Gasteiger partial charge in [0.25, 0.3) is 0 Å². The molecule has 10 rings (SSSR count). The summed E-state index contributed by atoms with van der Waals surface area (Å²) in [5.41, 5.74) is 7.65. The van der Waals surface area contributed by atoms with Gasteiger partial charge < -0.3 is 20.9 Å². The first-order valence-electron chi connectivity index (χ1n) is 18.0. The molecule has 8 nitrogen and oxygen atoms in total. The number of ketones is 2. The second-order valence-electron chi connectivity index (χ2n) is 12.6. The van der Waals surface area contributed by atoms with Crippen LogP contribution < -0.4 is 20.9 Å². The third kappa shape index (κ3) is 7.13. The van der Waals surface area contributed by atoms with Crippen molar-refractivity contribution in [3.63, 3.8) is 0 Å². The summed E-state index contributed by atoms with van der Waals surface area (Å²) in [6.45, 7) is 8.17. The number of piperazine rings is 2. The van der Waals surface area contributed by atoms with Gasteiger partial charge in [-0.15, -0.1) is 0 Å². The molecule has 2 aliphatic carbocycles. The second kappa shape index (κ2) is 16.3. The number of nitrogens with one attached hydrogen (secondary N) is 3. The maximum atomic E-state index is 13.2. The van der Waals surface area contributed by atoms with Gasteiger partial charge in [-0.1, -0.05) is 83.3 Å². The Morgan fingerprint density at radius 3 is 1.58 bits per heavy atom. The van der Waals surface area contributed by atoms with Crippen LogP contribution in [-0.2, 0) is 0 Å². The summed E-state index contributed by atoms with van der Waals surface area (Å²) in [6.07, 6.45) is 0. The summed E-state index contributed by atoms with van der Waals surface area (Å²) >= 11 is 18.4. The first kappa shape index (κ1) is 35.5. The number of alkyl halides is 1. The number of fused-ring (bicyclic) bond motifs is 10. The molecule has 4 heterocycles. The van der Waals surface area contributed by atoms with Crippen LogP contribution in [0.2, 0.25) is 15.2 Å². The van der Waals surface area contributed by atoms with Crippen LogP contribution in [0.15, 0.2) is 84.9 Å². The Morgan fingerprint density at radius 1 is 0.604 bits per heavy atom. The molecule has 4 aromatic carbocycles. The number of carbonyl (C=O) groups excluding carboxylic acids is 2. The van der Waals surface area contributed by atoms with Gasteiger partial charge >= 0.3 is 0 Å². The molecule has 0 saturated carbocycles. The lowest BCUT2D eigenvalue weighted by Crippen LogP contribution is -2.44. The number of aromatic nitrogens is 2. The van der Waals surface area contributed by atoms with Gasteiger partial charge in [0, 0.05) is 107 Å². The molecule has 4 aliphatic rings. The predicted octanol–water partition coefficient (Wildman–Crippen LogP) is 8.03. The molecule has 0 bridgehead atoms. The lowest BCUT2D eigenvalue weighted by molar-refractivity contribution is 0.103. The quantitative estimate of drug-likeness (QED) is 0.145. The van der Waals surface area contributed by atoms with Crippen molar-refractivity contribution in [3.05, 3.63) is 122 Å². The van der Waals surface area contributed by atoms with Crippen LogP contribution in [0.3, 0.4) is 0 Å². The molecule has 270 valence electrons. The minimum atomic E-state index is -1.00. The molecule has 2 fully saturated rings. The fourth-order valence-electron chi connectivity index (χ4n) is 7.18. The fraction of sp³-hybridized carbons (Fsp3) is 0.220. The maximum Gasteiger partial charge on any atom is 0.195 e. The highest BCUT2D eigenvalue weighted by Gasteiger charge is 2.34. The number of para-hydroxylation sites is 2. The Kier molecular flexibility index (Phi) is 10.9. The molecule has 12 heteroatoms. The second-order valence-corrected chi connectivity index (χ2v) is 13.9. The molecule has 2 saturated heterocycles. The normalized spacial score (nSPS) is 15.5. The van der Waals surface area contributed by atoms with Crippen molar-refractivity contribution in [2.24, 2.45) is 0 Å². The standard InChI is InChI=1S/C20H16ClN3O.C16H7Cl2NO.C4H10N2.CH3F/c21-12-5-6-13-15(11-12)19(25)17-14-3-1-2-4-16(14)23-20(18(13)17)24-9-7-22-8-10-24;17-8-5-6-9-11(7-8)15(20)13-10-3-1-2-4-12(10)19-16(18)14(9)13;1-2-6-4-3-5-1;1-2/h1-6,11,22H,7-10H2;1-7H;5-6H,1-4H2;1H3/i;;;1D. The number of nitrogens with zero attached hydrogens (tertiary/aromatic N) is 3. The first-order valence-corrected chi connectivity index (χ1v) is 18.4. The Balaban J connectivity index is 0.000000138. The molecular weight excluding hydrogens is 734 g/mol. The summed E-state index contributed by atoms with van der Waals surface area (Å²) in [5, 5.41) is 13.0. The summed E-state index contributed by atoms with van der Waals surface area (Å²) in [5.74, 6) is 0.908. The lowest BCUT2D eigenvalue weighted by Gasteiger charge is -2.30. The van der Waals surface area contributed by atoms with E-state index >= 15 is 0 Å². The highest BCUT2D eigenvalue weighted by Crippen LogP contribution is 2.46. The number of hydrogen-bond donors (Lipinski definition) is 3. The third-order valence-electron chi connectivity index (χ3n) is 9.54. The summed E-state index contributed by atoms with van der Waals surface area (Å²) in [7, 11) is -1.00. The van der Waals surface area contributed by atoms with E-state index in [4.69, 9.17) is 41.2 Å². The fourth-order valence-corrected chi connectivity index (χ4v) is 7.81. The van der Waals surface area contributed by atoms with Crippen LogP contribution in [0.5, 0.6) is 0 Å². The van der Waals surface area contributed by atoms with Gasteiger partial charge in [0.15, 0.2) is 11.6 Å². The molecule has 53 heavy (non-hydrogen) atoms. The number of rotatable bonds is 1. The molecule has 0 atom stereocenters. The van der Waals surface area contributed by atoms with E-state index in [0.717, 1.165) is 102 Å². The number of anilines is 1. The van der Waals surface area contributed by atoms with Crippen LogP contribution in [0.1, 0.15) is 33.2 Å². The van der Waals surface area contributed by atoms with Gasteiger partial charge in [0.1, 0.15) is 11.0 Å². The Morgan fingerprint density at radius 2 is 1.06 bits per heavy atom. The van der Waals surface area contributed by atoms with Gasteiger partial charge in [-0.3, -0.25) is 14.0 Å². The van der Waals surface area contributed by atoms with Crippen molar-refractivity contribution < 1.29 is 15.4 Å². The van der Waals surface area contributed by atoms with Crippen molar-refractivity contribution >= 4 is 74.0 Å². The highest BCUT2D eigenvalue weighted by molar-refractivity contribution is 6.39. The highest BCUT2D eigenvalue weighted by atomic mass is 35.5. The lowest BCUT2D eigenvalue weighted by atomic mass is 10.0. The van der Waals surface area contributed by atoms with E-state index in [1.807, 2.05) is 66.7 Å². The molecule has 2 aliphatic heterocycles. The van der Waals surface area contributed by atoms with Crippen LogP contribution in [-0.4, -0.2) is 81.0 Å². The predicted molar refractivity (Wildman–Crippen MR) is 214 cm³/mol. The minimum Gasteiger partial charge on any atom is -0.354 e. The van der Waals surface area contributed by atoms with E-state index in [9.17, 15) is 14.0 Å². The number of pyridine rings is 2. The van der Waals surface area contributed by atoms with E-state index in [0.29, 0.717) is 37.5 Å². The SMILES string of the molecule is C1CNCCN1.O=C1c2cc(Cl)ccc2-c2c(Cl)nc3ccccc3c21.O=C1c2cc(Cl)ccc2-c2c(N3CCNCC3)nc3ccccc3c21.[2H]CF. The van der Waals surface area contributed by atoms with E-state index in [1.54, 1.807) is 18.2 Å². The van der Waals surface area contributed by atoms with Crippen LogP contribution >= 0.6 is 34.8 Å². The molecule has 0 radical (unpaired) electrons.